The lowest BCUT2D eigenvalue weighted by Gasteiger charge is -2.06. The molecule has 11 heteroatoms. The predicted octanol–water partition coefficient (Wildman–Crippen LogP) is 5.63. The summed E-state index contributed by atoms with van der Waals surface area (Å²) in [7, 11) is -5.71. The number of hydrogen-bond donors (Lipinski definition) is 0. The number of carbonyl (C=O) groups excluding carboxylic acids is 1. The number of nitrogens with zero attached hydrogens (tertiary/aromatic N) is 2. The van der Waals surface area contributed by atoms with Crippen LogP contribution in [0.5, 0.6) is 0 Å². The van der Waals surface area contributed by atoms with Gasteiger partial charge in [0.25, 0.3) is 0 Å². The van der Waals surface area contributed by atoms with Crippen molar-refractivity contribution in [3.05, 3.63) is 56.2 Å². The number of methoxy groups -OCH3 is 1. The van der Waals surface area contributed by atoms with Gasteiger partial charge in [-0.1, -0.05) is 18.7 Å². The predicted molar refractivity (Wildman–Crippen MR) is 125 cm³/mol. The van der Waals surface area contributed by atoms with E-state index in [1.54, 1.807) is 0 Å². The quantitative estimate of drug-likeness (QED) is 0.261. The average Bonchev–Trinajstić information content (AvgIpc) is 2.63. The molecule has 0 radical (unpaired) electrons. The molecule has 0 fully saturated rings. The van der Waals surface area contributed by atoms with E-state index in [0.29, 0.717) is 7.11 Å². The van der Waals surface area contributed by atoms with Gasteiger partial charge in [0.2, 0.25) is 0 Å². The maximum Gasteiger partial charge on any atom is 0.470 e. The Morgan fingerprint density at radius 1 is 0.968 bits per heavy atom. The number of halogens is 4. The lowest BCUT2D eigenvalue weighted by molar-refractivity contribution is -0.157. The van der Waals surface area contributed by atoms with Crippen LogP contribution >= 0.6 is 22.6 Å². The van der Waals surface area contributed by atoms with Gasteiger partial charge in [0, 0.05) is 21.7 Å². The Balaban J connectivity index is -0.000000369. The van der Waals surface area contributed by atoms with E-state index < -0.39 is 21.4 Å². The Morgan fingerprint density at radius 2 is 1.39 bits per heavy atom. The van der Waals surface area contributed by atoms with Crippen LogP contribution in [0.1, 0.15) is 42.9 Å². The van der Waals surface area contributed by atoms with Gasteiger partial charge in [0.1, 0.15) is 0 Å². The topological polar surface area (TPSA) is 86.2 Å². The van der Waals surface area contributed by atoms with Crippen LogP contribution in [0, 0.1) is 38.2 Å². The molecule has 0 N–H and O–H groups in total. The van der Waals surface area contributed by atoms with Crippen molar-refractivity contribution in [1.29, 1.82) is 0 Å². The highest BCUT2D eigenvalue weighted by molar-refractivity contribution is 14.1. The summed E-state index contributed by atoms with van der Waals surface area (Å²) in [5.74, 6) is -2.44. The number of hydrogen-bond acceptors (Lipinski definition) is 6. The second-order valence-electron chi connectivity index (χ2n) is 5.81. The molecule has 0 aromatic carbocycles. The van der Waals surface area contributed by atoms with Crippen LogP contribution in [0.2, 0.25) is 0 Å². The molecule has 0 saturated heterocycles. The molecule has 0 spiro atoms. The van der Waals surface area contributed by atoms with Crippen LogP contribution in [0.4, 0.5) is 12.7 Å². The van der Waals surface area contributed by atoms with Crippen molar-refractivity contribution in [3.8, 4) is 0 Å². The van der Waals surface area contributed by atoms with Crippen molar-refractivity contribution in [2.45, 2.75) is 54.7 Å². The van der Waals surface area contributed by atoms with E-state index in [-0.39, 0.29) is 14.9 Å². The fraction of sp³-hybridized carbons (Fsp3) is 0.450. The van der Waals surface area contributed by atoms with Gasteiger partial charge >= 0.3 is 21.4 Å². The van der Waals surface area contributed by atoms with Gasteiger partial charge in [-0.3, -0.25) is 9.97 Å². The molecule has 178 valence electrons. The first-order valence-electron chi connectivity index (χ1n) is 8.03. The average molecular weight is 578 g/mol. The van der Waals surface area contributed by atoms with E-state index in [9.17, 15) is 25.9 Å². The molecule has 2 rings (SSSR count). The molecular formula is C20H30F3IN2O4S. The molecule has 0 amide bonds. The molecule has 31 heavy (non-hydrogen) atoms. The number of esters is 1. The number of alkyl halides is 2. The first-order chi connectivity index (χ1) is 13.2. The fourth-order valence-electron chi connectivity index (χ4n) is 1.66. The van der Waals surface area contributed by atoms with Gasteiger partial charge in [-0.2, -0.15) is 17.2 Å². The largest absolute Gasteiger partial charge is 0.470 e. The number of ether oxygens (including phenoxy) is 1. The van der Waals surface area contributed by atoms with Gasteiger partial charge in [-0.05, 0) is 86.0 Å². The van der Waals surface area contributed by atoms with Gasteiger partial charge in [0.15, 0.2) is 0 Å². The van der Waals surface area contributed by atoms with Crippen molar-refractivity contribution in [2.24, 2.45) is 0 Å². The molecule has 0 atom stereocenters. The van der Waals surface area contributed by atoms with E-state index in [1.165, 1.54) is 20.3 Å². The van der Waals surface area contributed by atoms with Crippen molar-refractivity contribution in [2.75, 3.05) is 7.11 Å². The molecule has 2 heterocycles. The molecule has 6 nitrogen and oxygen atoms in total. The van der Waals surface area contributed by atoms with Gasteiger partial charge in [0.05, 0.1) is 12.8 Å². The van der Waals surface area contributed by atoms with E-state index in [0.717, 1.165) is 11.4 Å². The second-order valence-corrected chi connectivity index (χ2v) is 8.28. The molecule has 0 bridgehead atoms. The smallest absolute Gasteiger partial charge is 0.464 e. The van der Waals surface area contributed by atoms with Crippen molar-refractivity contribution in [3.63, 3.8) is 0 Å². The minimum absolute atomic E-state index is 0. The maximum atomic E-state index is 11.9. The number of rotatable bonds is 2. The zero-order chi connectivity index (χ0) is 23.0. The Bertz CT molecular complexity index is 865. The van der Waals surface area contributed by atoms with E-state index in [2.05, 4.69) is 58.1 Å². The number of aryl methyl sites for hydroxylation is 4. The summed E-state index contributed by atoms with van der Waals surface area (Å²) in [6, 6.07) is 4.05. The van der Waals surface area contributed by atoms with E-state index >= 15 is 0 Å². The van der Waals surface area contributed by atoms with Gasteiger partial charge in [-0.15, -0.1) is 0 Å². The number of pyridine rings is 2. The zero-order valence-electron chi connectivity index (χ0n) is 16.8. The highest BCUT2D eigenvalue weighted by Gasteiger charge is 2.55. The summed E-state index contributed by atoms with van der Waals surface area (Å²) >= 11 is 2.31. The van der Waals surface area contributed by atoms with Crippen LogP contribution in [0.25, 0.3) is 0 Å². The molecule has 2 aromatic heterocycles. The van der Waals surface area contributed by atoms with Crippen LogP contribution < -0.4 is 0 Å². The van der Waals surface area contributed by atoms with E-state index in [1.807, 2.05) is 38.4 Å². The van der Waals surface area contributed by atoms with Crippen LogP contribution in [-0.4, -0.2) is 36.7 Å². The standard InChI is InChI=1S/C8H11N.C7H8IN.C3H3F3O4S.2CH4/c1-6-4-5-9-8(3)7(6)2;1-5-3-4-9-6(2)7(5)8;1-10-2(7)3(4,5)11(6,8)9;;/h4-5H,1-3H3;3-4H,1-2H3;1H3;2*1H4. The van der Waals surface area contributed by atoms with Crippen LogP contribution in [-0.2, 0) is 19.8 Å². The van der Waals surface area contributed by atoms with Crippen molar-refractivity contribution >= 4 is 38.8 Å². The molecular weight excluding hydrogens is 548 g/mol. The Labute approximate surface area is 197 Å². The normalized spacial score (nSPS) is 10.1. The second kappa shape index (κ2) is 14.3. The number of aromatic nitrogens is 2. The Kier molecular flexibility index (Phi) is 15.7. The van der Waals surface area contributed by atoms with E-state index in [4.69, 9.17) is 0 Å². The Hall–Kier alpha value is -1.76. The molecule has 0 aliphatic heterocycles. The minimum atomic E-state index is -6.22. The summed E-state index contributed by atoms with van der Waals surface area (Å²) in [6.07, 6.45) is 3.69. The third-order valence-corrected chi connectivity index (χ3v) is 6.12. The first kappa shape index (κ1) is 33.9. The maximum absolute atomic E-state index is 11.9. The van der Waals surface area contributed by atoms with Gasteiger partial charge in [-0.25, -0.2) is 4.79 Å². The minimum Gasteiger partial charge on any atom is -0.464 e. The fourth-order valence-corrected chi connectivity index (χ4v) is 2.26. The summed E-state index contributed by atoms with van der Waals surface area (Å²) in [6.45, 7) is 10.3. The third-order valence-electron chi connectivity index (χ3n) is 3.71. The van der Waals surface area contributed by atoms with Crippen molar-refractivity contribution < 1.29 is 30.6 Å². The van der Waals surface area contributed by atoms with Gasteiger partial charge < -0.3 is 4.74 Å². The highest BCUT2D eigenvalue weighted by atomic mass is 127. The van der Waals surface area contributed by atoms with Crippen LogP contribution in [0.3, 0.4) is 0 Å². The SMILES string of the molecule is C.C.COC(=O)C(F)(F)S(=O)(=O)F.Cc1ccnc(C)c1C.Cc1ccnc(C)c1I. The van der Waals surface area contributed by atoms with Crippen LogP contribution in [0.15, 0.2) is 24.5 Å². The lowest BCUT2D eigenvalue weighted by Crippen LogP contribution is -2.36. The Morgan fingerprint density at radius 3 is 1.65 bits per heavy atom. The monoisotopic (exact) mass is 578 g/mol. The summed E-state index contributed by atoms with van der Waals surface area (Å²) < 4.78 is 59.0. The molecule has 0 unspecified atom stereocenters. The third kappa shape index (κ3) is 10.4. The summed E-state index contributed by atoms with van der Waals surface area (Å²) in [5, 5.41) is -5.11. The van der Waals surface area contributed by atoms with Crippen molar-refractivity contribution in [1.82, 2.24) is 9.97 Å². The molecule has 2 aromatic rings. The molecule has 0 aliphatic carbocycles. The lowest BCUT2D eigenvalue weighted by atomic mass is 10.1. The first-order valence-corrected chi connectivity index (χ1v) is 10.5. The molecule has 0 aliphatic rings. The summed E-state index contributed by atoms with van der Waals surface area (Å²) in [5.41, 5.74) is 6.19. The molecule has 0 saturated carbocycles. The number of carbonyl (C=O) groups is 1. The highest BCUT2D eigenvalue weighted by Crippen LogP contribution is 2.24. The zero-order valence-corrected chi connectivity index (χ0v) is 19.7. The summed E-state index contributed by atoms with van der Waals surface area (Å²) in [4.78, 5) is 18.2.